The maximum absolute atomic E-state index is 11.7. The standard InChI is InChI=1S/C17H22N2O2/c1-19(2)11-12-3-4-14(9-12)21-15-5-6-16-13(10-15)7-8-18-17(16)20/h5-8,10,12,14H,3-4,9,11H2,1-2H3,(H,18,20)/t12-,14-/m0/s1. The van der Waals surface area contributed by atoms with Gasteiger partial charge >= 0.3 is 0 Å². The molecule has 0 aliphatic heterocycles. The average molecular weight is 286 g/mol. The lowest BCUT2D eigenvalue weighted by molar-refractivity contribution is 0.199. The van der Waals surface area contributed by atoms with Gasteiger partial charge in [-0.25, -0.2) is 0 Å². The molecule has 2 aromatic rings. The summed E-state index contributed by atoms with van der Waals surface area (Å²) in [6, 6.07) is 7.61. The summed E-state index contributed by atoms with van der Waals surface area (Å²) in [4.78, 5) is 16.6. The molecule has 1 fully saturated rings. The largest absolute Gasteiger partial charge is 0.490 e. The lowest BCUT2D eigenvalue weighted by Crippen LogP contribution is -2.21. The Labute approximate surface area is 124 Å². The third kappa shape index (κ3) is 3.27. The van der Waals surface area contributed by atoms with Gasteiger partial charge in [-0.15, -0.1) is 0 Å². The molecule has 2 atom stereocenters. The number of aromatic nitrogens is 1. The van der Waals surface area contributed by atoms with Gasteiger partial charge in [0.1, 0.15) is 5.75 Å². The summed E-state index contributed by atoms with van der Waals surface area (Å²) in [5.74, 6) is 1.59. The van der Waals surface area contributed by atoms with Crippen LogP contribution in [0.15, 0.2) is 35.3 Å². The minimum atomic E-state index is -0.0500. The fraction of sp³-hybridized carbons (Fsp3) is 0.471. The van der Waals surface area contributed by atoms with Crippen LogP contribution in [0, 0.1) is 5.92 Å². The Kier molecular flexibility index (Phi) is 3.97. The van der Waals surface area contributed by atoms with E-state index in [2.05, 4.69) is 24.0 Å². The molecule has 1 heterocycles. The molecular weight excluding hydrogens is 264 g/mol. The van der Waals surface area contributed by atoms with Crippen molar-refractivity contribution in [1.29, 1.82) is 0 Å². The van der Waals surface area contributed by atoms with Crippen molar-refractivity contribution in [2.75, 3.05) is 20.6 Å². The Morgan fingerprint density at radius 3 is 2.95 bits per heavy atom. The van der Waals surface area contributed by atoms with Gasteiger partial charge in [0, 0.05) is 18.1 Å². The second-order valence-electron chi connectivity index (χ2n) is 6.24. The number of aromatic amines is 1. The van der Waals surface area contributed by atoms with Gasteiger partial charge in [-0.2, -0.15) is 0 Å². The van der Waals surface area contributed by atoms with Gasteiger partial charge < -0.3 is 14.6 Å². The summed E-state index contributed by atoms with van der Waals surface area (Å²) in [6.45, 7) is 1.13. The van der Waals surface area contributed by atoms with Crippen LogP contribution in [0.3, 0.4) is 0 Å². The Bertz CT molecular complexity index is 678. The molecule has 1 saturated carbocycles. The van der Waals surface area contributed by atoms with E-state index in [-0.39, 0.29) is 5.56 Å². The quantitative estimate of drug-likeness (QED) is 0.940. The number of hydrogen-bond acceptors (Lipinski definition) is 3. The van der Waals surface area contributed by atoms with E-state index in [9.17, 15) is 4.79 Å². The minimum Gasteiger partial charge on any atom is -0.490 e. The van der Waals surface area contributed by atoms with Gasteiger partial charge in [-0.1, -0.05) is 0 Å². The fourth-order valence-electron chi connectivity index (χ4n) is 3.25. The molecular formula is C17H22N2O2. The molecule has 0 bridgehead atoms. The maximum Gasteiger partial charge on any atom is 0.255 e. The van der Waals surface area contributed by atoms with E-state index < -0.39 is 0 Å². The number of hydrogen-bond donors (Lipinski definition) is 1. The molecule has 1 aliphatic rings. The number of rotatable bonds is 4. The van der Waals surface area contributed by atoms with E-state index in [1.165, 1.54) is 6.42 Å². The molecule has 112 valence electrons. The second-order valence-corrected chi connectivity index (χ2v) is 6.24. The monoisotopic (exact) mass is 286 g/mol. The van der Waals surface area contributed by atoms with Crippen molar-refractivity contribution >= 4 is 10.8 Å². The van der Waals surface area contributed by atoms with Gasteiger partial charge in [0.05, 0.1) is 6.10 Å². The minimum absolute atomic E-state index is 0.0500. The van der Waals surface area contributed by atoms with Gasteiger partial charge in [0.2, 0.25) is 0 Å². The molecule has 0 saturated heterocycles. The normalized spacial score (nSPS) is 22.0. The molecule has 0 amide bonds. The van der Waals surface area contributed by atoms with Crippen molar-refractivity contribution < 1.29 is 4.74 Å². The second kappa shape index (κ2) is 5.90. The van der Waals surface area contributed by atoms with Crippen LogP contribution in [0.1, 0.15) is 19.3 Å². The fourth-order valence-corrected chi connectivity index (χ4v) is 3.25. The third-order valence-corrected chi connectivity index (χ3v) is 4.16. The summed E-state index contributed by atoms with van der Waals surface area (Å²) in [5.41, 5.74) is -0.0500. The Hall–Kier alpha value is -1.81. The first-order chi connectivity index (χ1) is 10.1. The molecule has 1 aromatic carbocycles. The molecule has 1 aliphatic carbocycles. The van der Waals surface area contributed by atoms with Crippen LogP contribution in [0.2, 0.25) is 0 Å². The first-order valence-corrected chi connectivity index (χ1v) is 7.54. The van der Waals surface area contributed by atoms with Crippen molar-refractivity contribution in [3.8, 4) is 5.75 Å². The van der Waals surface area contributed by atoms with E-state index in [0.717, 1.165) is 36.4 Å². The number of pyridine rings is 1. The number of fused-ring (bicyclic) bond motifs is 1. The van der Waals surface area contributed by atoms with Gasteiger partial charge in [0.25, 0.3) is 5.56 Å². The number of H-pyrrole nitrogens is 1. The van der Waals surface area contributed by atoms with E-state index >= 15 is 0 Å². The topological polar surface area (TPSA) is 45.3 Å². The molecule has 0 radical (unpaired) electrons. The third-order valence-electron chi connectivity index (χ3n) is 4.16. The lowest BCUT2D eigenvalue weighted by atomic mass is 10.1. The highest BCUT2D eigenvalue weighted by Crippen LogP contribution is 2.30. The van der Waals surface area contributed by atoms with Crippen molar-refractivity contribution in [2.24, 2.45) is 5.92 Å². The van der Waals surface area contributed by atoms with Crippen LogP contribution in [0.25, 0.3) is 10.8 Å². The Morgan fingerprint density at radius 1 is 1.29 bits per heavy atom. The average Bonchev–Trinajstić information content (AvgIpc) is 2.85. The summed E-state index contributed by atoms with van der Waals surface area (Å²) < 4.78 is 6.10. The number of ether oxygens (including phenoxy) is 1. The van der Waals surface area contributed by atoms with Crippen molar-refractivity contribution in [3.63, 3.8) is 0 Å². The Morgan fingerprint density at radius 2 is 2.14 bits per heavy atom. The van der Waals surface area contributed by atoms with Crippen LogP contribution in [-0.4, -0.2) is 36.6 Å². The van der Waals surface area contributed by atoms with Gasteiger partial charge in [-0.05, 0) is 68.9 Å². The molecule has 0 spiro atoms. The zero-order valence-electron chi connectivity index (χ0n) is 12.6. The Balaban J connectivity index is 1.70. The van der Waals surface area contributed by atoms with Crippen LogP contribution in [0.4, 0.5) is 0 Å². The number of nitrogens with zero attached hydrogens (tertiary/aromatic N) is 1. The van der Waals surface area contributed by atoms with E-state index in [4.69, 9.17) is 4.74 Å². The SMILES string of the molecule is CN(C)C[C@H]1CC[C@H](Oc2ccc3c(=O)[nH]ccc3c2)C1. The molecule has 4 nitrogen and oxygen atoms in total. The highest BCUT2D eigenvalue weighted by molar-refractivity contribution is 5.82. The first-order valence-electron chi connectivity index (χ1n) is 7.54. The van der Waals surface area contributed by atoms with Crippen molar-refractivity contribution in [2.45, 2.75) is 25.4 Å². The van der Waals surface area contributed by atoms with Crippen molar-refractivity contribution in [1.82, 2.24) is 9.88 Å². The smallest absolute Gasteiger partial charge is 0.255 e. The van der Waals surface area contributed by atoms with Gasteiger partial charge in [0.15, 0.2) is 0 Å². The van der Waals surface area contributed by atoms with Crippen LogP contribution in [-0.2, 0) is 0 Å². The van der Waals surface area contributed by atoms with Crippen LogP contribution >= 0.6 is 0 Å². The molecule has 21 heavy (non-hydrogen) atoms. The molecule has 1 aromatic heterocycles. The van der Waals surface area contributed by atoms with Crippen molar-refractivity contribution in [3.05, 3.63) is 40.8 Å². The zero-order chi connectivity index (χ0) is 14.8. The van der Waals surface area contributed by atoms with E-state index in [0.29, 0.717) is 11.5 Å². The molecule has 3 rings (SSSR count). The van der Waals surface area contributed by atoms with E-state index in [1.807, 2.05) is 24.3 Å². The number of nitrogens with one attached hydrogen (secondary N) is 1. The summed E-state index contributed by atoms with van der Waals surface area (Å²) in [5, 5.41) is 1.64. The summed E-state index contributed by atoms with van der Waals surface area (Å²) in [6.07, 6.45) is 5.44. The zero-order valence-corrected chi connectivity index (χ0v) is 12.6. The maximum atomic E-state index is 11.7. The summed E-state index contributed by atoms with van der Waals surface area (Å²) >= 11 is 0. The summed E-state index contributed by atoms with van der Waals surface area (Å²) in [7, 11) is 4.24. The van der Waals surface area contributed by atoms with Crippen LogP contribution < -0.4 is 10.3 Å². The highest BCUT2D eigenvalue weighted by atomic mass is 16.5. The molecule has 1 N–H and O–H groups in total. The highest BCUT2D eigenvalue weighted by Gasteiger charge is 2.26. The number of benzene rings is 1. The molecule has 4 heteroatoms. The first kappa shape index (κ1) is 14.1. The predicted molar refractivity (Wildman–Crippen MR) is 84.9 cm³/mol. The molecule has 0 unspecified atom stereocenters. The van der Waals surface area contributed by atoms with Crippen LogP contribution in [0.5, 0.6) is 5.75 Å². The predicted octanol–water partition coefficient (Wildman–Crippen LogP) is 2.64. The van der Waals surface area contributed by atoms with E-state index in [1.54, 1.807) is 6.20 Å². The van der Waals surface area contributed by atoms with Gasteiger partial charge in [-0.3, -0.25) is 4.79 Å². The lowest BCUT2D eigenvalue weighted by Gasteiger charge is -2.17.